The topological polar surface area (TPSA) is 112 Å². The van der Waals surface area contributed by atoms with Gasteiger partial charge in [0, 0.05) is 59.2 Å². The van der Waals surface area contributed by atoms with Crippen LogP contribution in [0.5, 0.6) is 0 Å². The van der Waals surface area contributed by atoms with Gasteiger partial charge in [-0.05, 0) is 38.5 Å². The third-order valence-corrected chi connectivity index (χ3v) is 2.94. The van der Waals surface area contributed by atoms with Gasteiger partial charge in [-0.1, -0.05) is 41.5 Å². The first-order valence-electron chi connectivity index (χ1n) is 10.3. The van der Waals surface area contributed by atoms with Crippen molar-refractivity contribution < 1.29 is 51.4 Å². The molecule has 0 aromatic carbocycles. The van der Waals surface area contributed by atoms with E-state index >= 15 is 0 Å². The zero-order valence-electron chi connectivity index (χ0n) is 20.7. The van der Waals surface area contributed by atoms with Gasteiger partial charge < -0.3 is 15.3 Å². The molecule has 0 spiro atoms. The third kappa shape index (κ3) is 39.4. The van der Waals surface area contributed by atoms with Crippen LogP contribution in [0.4, 0.5) is 0 Å². The number of allylic oxidation sites excluding steroid dienone is 6. The standard InChI is InChI=1S/3C8H14O2.Ti/c3*1-6(2)4-8(10)5-7(3)9;/h3*5-6,9H,4H2,1-3H3;/b3*7-5-;. The fourth-order valence-corrected chi connectivity index (χ4v) is 2.08. The molecular formula is C24H42O6Ti. The smallest absolute Gasteiger partial charge is 0.159 e. The predicted molar refractivity (Wildman–Crippen MR) is 123 cm³/mol. The van der Waals surface area contributed by atoms with E-state index in [9.17, 15) is 14.4 Å². The molecule has 6 nitrogen and oxygen atoms in total. The van der Waals surface area contributed by atoms with Crippen molar-refractivity contribution in [2.24, 2.45) is 17.8 Å². The van der Waals surface area contributed by atoms with Crippen LogP contribution in [-0.2, 0) is 36.1 Å². The number of ketones is 3. The quantitative estimate of drug-likeness (QED) is 0.209. The SMILES string of the molecule is C/C(O)=C/C(=O)CC(C)C.C/C(O)=C/C(=O)CC(C)C.C/C(O)=C/C(=O)CC(C)C.[Ti]. The second-order valence-electron chi connectivity index (χ2n) is 8.55. The van der Waals surface area contributed by atoms with Crippen LogP contribution >= 0.6 is 0 Å². The van der Waals surface area contributed by atoms with Gasteiger partial charge in [0.1, 0.15) is 0 Å². The van der Waals surface area contributed by atoms with Gasteiger partial charge >= 0.3 is 0 Å². The molecule has 0 aliphatic heterocycles. The van der Waals surface area contributed by atoms with Crippen molar-refractivity contribution in [2.45, 2.75) is 81.6 Å². The van der Waals surface area contributed by atoms with Crippen molar-refractivity contribution in [2.75, 3.05) is 0 Å². The summed E-state index contributed by atoms with van der Waals surface area (Å²) in [5.74, 6) is 1.34. The van der Waals surface area contributed by atoms with Crippen LogP contribution in [-0.4, -0.2) is 32.7 Å². The summed E-state index contributed by atoms with van der Waals surface area (Å²) in [5, 5.41) is 26.0. The molecule has 0 fully saturated rings. The van der Waals surface area contributed by atoms with Crippen molar-refractivity contribution in [3.8, 4) is 0 Å². The Labute approximate surface area is 203 Å². The van der Waals surface area contributed by atoms with Crippen molar-refractivity contribution >= 4 is 17.3 Å². The Bertz CT molecular complexity index is 516. The zero-order chi connectivity index (χ0) is 24.4. The summed E-state index contributed by atoms with van der Waals surface area (Å²) < 4.78 is 0. The average Bonchev–Trinajstić information content (AvgIpc) is 2.42. The summed E-state index contributed by atoms with van der Waals surface area (Å²) in [5.41, 5.74) is 0. The fraction of sp³-hybridized carbons (Fsp3) is 0.625. The van der Waals surface area contributed by atoms with E-state index in [4.69, 9.17) is 15.3 Å². The molecule has 0 radical (unpaired) electrons. The normalized spacial score (nSPS) is 11.8. The predicted octanol–water partition coefficient (Wildman–Crippen LogP) is 6.19. The molecule has 0 heterocycles. The van der Waals surface area contributed by atoms with E-state index in [1.54, 1.807) is 0 Å². The van der Waals surface area contributed by atoms with Gasteiger partial charge in [-0.15, -0.1) is 0 Å². The molecule has 0 amide bonds. The molecule has 31 heavy (non-hydrogen) atoms. The van der Waals surface area contributed by atoms with Crippen LogP contribution in [0.3, 0.4) is 0 Å². The van der Waals surface area contributed by atoms with Crippen molar-refractivity contribution in [1.29, 1.82) is 0 Å². The van der Waals surface area contributed by atoms with E-state index in [1.807, 2.05) is 41.5 Å². The van der Waals surface area contributed by atoms with E-state index in [0.717, 1.165) is 0 Å². The maximum Gasteiger partial charge on any atom is 0.159 e. The van der Waals surface area contributed by atoms with Crippen LogP contribution in [0.15, 0.2) is 35.5 Å². The molecular weight excluding hydrogens is 432 g/mol. The largest absolute Gasteiger partial charge is 0.512 e. The van der Waals surface area contributed by atoms with Gasteiger partial charge in [-0.2, -0.15) is 0 Å². The van der Waals surface area contributed by atoms with Crippen molar-refractivity contribution in [3.63, 3.8) is 0 Å². The second-order valence-corrected chi connectivity index (χ2v) is 8.55. The summed E-state index contributed by atoms with van der Waals surface area (Å²) in [6.07, 6.45) is 5.33. The Balaban J connectivity index is -0.000000174. The van der Waals surface area contributed by atoms with E-state index in [1.165, 1.54) is 39.0 Å². The molecule has 178 valence electrons. The number of aliphatic hydroxyl groups excluding tert-OH is 3. The number of rotatable bonds is 9. The van der Waals surface area contributed by atoms with Crippen LogP contribution in [0.1, 0.15) is 81.6 Å². The molecule has 0 bridgehead atoms. The number of hydrogen-bond donors (Lipinski definition) is 3. The molecule has 0 aliphatic carbocycles. The summed E-state index contributed by atoms with van der Waals surface area (Å²) >= 11 is 0. The molecule has 3 N–H and O–H groups in total. The van der Waals surface area contributed by atoms with Gasteiger partial charge in [-0.3, -0.25) is 14.4 Å². The van der Waals surface area contributed by atoms with Crippen LogP contribution in [0.2, 0.25) is 0 Å². The Morgan fingerprint density at radius 1 is 0.548 bits per heavy atom. The second kappa shape index (κ2) is 21.6. The van der Waals surface area contributed by atoms with E-state index in [-0.39, 0.29) is 56.3 Å². The average molecular weight is 474 g/mol. The molecule has 0 unspecified atom stereocenters. The maximum atomic E-state index is 10.8. The van der Waals surface area contributed by atoms with Gasteiger partial charge in [0.25, 0.3) is 0 Å². The minimum atomic E-state index is -0.00463. The Morgan fingerprint density at radius 2 is 0.710 bits per heavy atom. The monoisotopic (exact) mass is 474 g/mol. The Hall–Kier alpha value is -1.66. The van der Waals surface area contributed by atoms with E-state index < -0.39 is 0 Å². The fourth-order valence-electron chi connectivity index (χ4n) is 2.08. The molecule has 0 aromatic heterocycles. The van der Waals surface area contributed by atoms with Crippen molar-refractivity contribution in [3.05, 3.63) is 35.5 Å². The van der Waals surface area contributed by atoms with E-state index in [0.29, 0.717) is 37.0 Å². The molecule has 0 rings (SSSR count). The van der Waals surface area contributed by atoms with E-state index in [2.05, 4.69) is 0 Å². The minimum absolute atomic E-state index is 0. The first-order valence-corrected chi connectivity index (χ1v) is 10.3. The van der Waals surface area contributed by atoms with Gasteiger partial charge in [0.2, 0.25) is 0 Å². The Kier molecular flexibility index (Phi) is 25.5. The van der Waals surface area contributed by atoms with Gasteiger partial charge in [-0.25, -0.2) is 0 Å². The summed E-state index contributed by atoms with van der Waals surface area (Å²) in [6.45, 7) is 16.3. The zero-order valence-corrected chi connectivity index (χ0v) is 22.2. The summed E-state index contributed by atoms with van der Waals surface area (Å²) in [4.78, 5) is 32.5. The number of carbonyl (C=O) groups excluding carboxylic acids is 3. The number of aliphatic hydroxyl groups is 3. The molecule has 0 aliphatic rings. The van der Waals surface area contributed by atoms with Gasteiger partial charge in [0.05, 0.1) is 17.3 Å². The summed E-state index contributed by atoms with van der Waals surface area (Å²) in [7, 11) is 0. The first-order chi connectivity index (χ1) is 13.6. The third-order valence-electron chi connectivity index (χ3n) is 2.94. The molecule has 0 aromatic rings. The molecule has 0 saturated heterocycles. The molecule has 0 saturated carbocycles. The number of carbonyl (C=O) groups is 3. The summed E-state index contributed by atoms with van der Waals surface area (Å²) in [6, 6.07) is 0. The maximum absolute atomic E-state index is 10.8. The van der Waals surface area contributed by atoms with Crippen LogP contribution in [0.25, 0.3) is 0 Å². The van der Waals surface area contributed by atoms with Crippen LogP contribution < -0.4 is 0 Å². The van der Waals surface area contributed by atoms with Crippen molar-refractivity contribution in [1.82, 2.24) is 0 Å². The van der Waals surface area contributed by atoms with Gasteiger partial charge in [0.15, 0.2) is 17.3 Å². The van der Waals surface area contributed by atoms with Crippen LogP contribution in [0, 0.1) is 17.8 Å². The number of hydrogen-bond acceptors (Lipinski definition) is 6. The molecule has 0 atom stereocenters. The molecule has 7 heteroatoms. The Morgan fingerprint density at radius 3 is 0.806 bits per heavy atom. The minimum Gasteiger partial charge on any atom is -0.512 e. The first kappa shape index (κ1) is 36.7.